The highest BCUT2D eigenvalue weighted by Gasteiger charge is 2.17. The fourth-order valence-corrected chi connectivity index (χ4v) is 2.93. The van der Waals surface area contributed by atoms with Gasteiger partial charge in [0, 0.05) is 4.47 Å². The van der Waals surface area contributed by atoms with Crippen LogP contribution < -0.4 is 0 Å². The van der Waals surface area contributed by atoms with E-state index in [0.717, 1.165) is 10.0 Å². The zero-order chi connectivity index (χ0) is 14.2. The molecule has 2 rings (SSSR count). The third-order valence-corrected chi connectivity index (χ3v) is 4.19. The maximum atomic E-state index is 13.6. The van der Waals surface area contributed by atoms with Crippen LogP contribution in [0.1, 0.15) is 27.6 Å². The van der Waals surface area contributed by atoms with E-state index in [4.69, 9.17) is 11.6 Å². The molecule has 1 unspecified atom stereocenters. The Hall–Kier alpha value is -0.930. The Morgan fingerprint density at radius 2 is 1.63 bits per heavy atom. The first kappa shape index (κ1) is 14.5. The number of halogens is 4. The predicted molar refractivity (Wildman–Crippen MR) is 77.7 cm³/mol. The molecule has 1 atom stereocenters. The van der Waals surface area contributed by atoms with E-state index in [1.165, 1.54) is 12.1 Å². The van der Waals surface area contributed by atoms with E-state index in [2.05, 4.69) is 15.9 Å². The Bertz CT molecular complexity index is 603. The van der Waals surface area contributed by atoms with E-state index in [-0.39, 0.29) is 11.6 Å². The lowest BCUT2D eigenvalue weighted by atomic mass is 9.99. The summed E-state index contributed by atoms with van der Waals surface area (Å²) in [5.74, 6) is -0.578. The van der Waals surface area contributed by atoms with Gasteiger partial charge in [-0.05, 0) is 54.3 Å². The number of hydrogen-bond acceptors (Lipinski definition) is 0. The second-order valence-electron chi connectivity index (χ2n) is 4.50. The predicted octanol–water partition coefficient (Wildman–Crippen LogP) is 5.67. The zero-order valence-corrected chi connectivity index (χ0v) is 12.8. The normalized spacial score (nSPS) is 12.5. The second kappa shape index (κ2) is 5.59. The van der Waals surface area contributed by atoms with Gasteiger partial charge >= 0.3 is 0 Å². The van der Waals surface area contributed by atoms with Gasteiger partial charge in [0.2, 0.25) is 0 Å². The van der Waals surface area contributed by atoms with Crippen LogP contribution in [0.3, 0.4) is 0 Å². The van der Waals surface area contributed by atoms with E-state index in [1.807, 2.05) is 0 Å². The molecule has 2 aromatic rings. The van der Waals surface area contributed by atoms with Gasteiger partial charge in [0.1, 0.15) is 11.6 Å². The molecule has 0 saturated heterocycles. The molecule has 0 aromatic heterocycles. The van der Waals surface area contributed by atoms with Crippen molar-refractivity contribution in [3.05, 3.63) is 68.7 Å². The topological polar surface area (TPSA) is 0 Å². The van der Waals surface area contributed by atoms with Crippen molar-refractivity contribution in [1.82, 2.24) is 0 Å². The van der Waals surface area contributed by atoms with Crippen LogP contribution in [0.25, 0.3) is 0 Å². The molecule has 0 radical (unpaired) electrons. The SMILES string of the molecule is Cc1cc(C(Cl)c2cc(F)ccc2Br)cc(C)c1F. The van der Waals surface area contributed by atoms with Crippen LogP contribution in [0.15, 0.2) is 34.8 Å². The summed E-state index contributed by atoms with van der Waals surface area (Å²) in [5, 5.41) is -0.525. The van der Waals surface area contributed by atoms with E-state index < -0.39 is 5.38 Å². The molecule has 0 aliphatic heterocycles. The molecule has 0 saturated carbocycles. The average Bonchev–Trinajstić information content (AvgIpc) is 2.37. The number of benzene rings is 2. The van der Waals surface area contributed by atoms with Gasteiger partial charge in [0.25, 0.3) is 0 Å². The highest BCUT2D eigenvalue weighted by atomic mass is 79.9. The number of alkyl halides is 1. The van der Waals surface area contributed by atoms with Gasteiger partial charge in [-0.25, -0.2) is 8.78 Å². The molecular formula is C15H12BrClF2. The highest BCUT2D eigenvalue weighted by Crippen LogP contribution is 2.35. The summed E-state index contributed by atoms with van der Waals surface area (Å²) in [7, 11) is 0. The van der Waals surface area contributed by atoms with Crippen molar-refractivity contribution in [2.75, 3.05) is 0 Å². The Morgan fingerprint density at radius 1 is 1.05 bits per heavy atom. The summed E-state index contributed by atoms with van der Waals surface area (Å²) in [4.78, 5) is 0. The monoisotopic (exact) mass is 344 g/mol. The standard InChI is InChI=1S/C15H12BrClF2/c1-8-5-10(6-9(2)15(8)19)14(17)12-7-11(18)3-4-13(12)16/h3-7,14H,1-2H3. The summed E-state index contributed by atoms with van der Waals surface area (Å²) >= 11 is 9.74. The molecule has 0 nitrogen and oxygen atoms in total. The minimum Gasteiger partial charge on any atom is -0.207 e. The van der Waals surface area contributed by atoms with Crippen molar-refractivity contribution < 1.29 is 8.78 Å². The Kier molecular flexibility index (Phi) is 4.26. The first-order valence-corrected chi connectivity index (χ1v) is 6.98. The molecule has 4 heteroatoms. The van der Waals surface area contributed by atoms with Crippen LogP contribution in [0, 0.1) is 25.5 Å². The van der Waals surface area contributed by atoms with Crippen molar-refractivity contribution in [2.45, 2.75) is 19.2 Å². The van der Waals surface area contributed by atoms with Crippen LogP contribution in [-0.4, -0.2) is 0 Å². The maximum Gasteiger partial charge on any atom is 0.129 e. The Morgan fingerprint density at radius 3 is 2.21 bits per heavy atom. The summed E-state index contributed by atoms with van der Waals surface area (Å²) in [6.45, 7) is 3.38. The second-order valence-corrected chi connectivity index (χ2v) is 5.79. The van der Waals surface area contributed by atoms with Crippen molar-refractivity contribution in [1.29, 1.82) is 0 Å². The van der Waals surface area contributed by atoms with Crippen molar-refractivity contribution in [2.24, 2.45) is 0 Å². The molecule has 0 spiro atoms. The van der Waals surface area contributed by atoms with E-state index in [1.54, 1.807) is 32.0 Å². The molecule has 100 valence electrons. The van der Waals surface area contributed by atoms with Crippen LogP contribution in [0.2, 0.25) is 0 Å². The van der Waals surface area contributed by atoms with Gasteiger partial charge in [0.05, 0.1) is 5.38 Å². The van der Waals surface area contributed by atoms with Gasteiger partial charge in [-0.3, -0.25) is 0 Å². The van der Waals surface area contributed by atoms with Gasteiger partial charge in [-0.2, -0.15) is 0 Å². The molecule has 0 aliphatic rings. The lowest BCUT2D eigenvalue weighted by Gasteiger charge is -2.14. The van der Waals surface area contributed by atoms with Crippen molar-refractivity contribution in [3.63, 3.8) is 0 Å². The molecule has 0 amide bonds. The van der Waals surface area contributed by atoms with Crippen LogP contribution in [0.4, 0.5) is 8.78 Å². The van der Waals surface area contributed by atoms with E-state index in [0.29, 0.717) is 16.7 Å². The van der Waals surface area contributed by atoms with Crippen LogP contribution in [0.5, 0.6) is 0 Å². The molecule has 0 fully saturated rings. The summed E-state index contributed by atoms with van der Waals surface area (Å²) in [6, 6.07) is 7.74. The zero-order valence-electron chi connectivity index (χ0n) is 10.5. The molecule has 0 heterocycles. The van der Waals surface area contributed by atoms with E-state index in [9.17, 15) is 8.78 Å². The van der Waals surface area contributed by atoms with E-state index >= 15 is 0 Å². The maximum absolute atomic E-state index is 13.6. The lowest BCUT2D eigenvalue weighted by Crippen LogP contribution is -1.99. The van der Waals surface area contributed by atoms with Crippen molar-refractivity contribution in [3.8, 4) is 0 Å². The quantitative estimate of drug-likeness (QED) is 0.615. The number of aryl methyl sites for hydroxylation is 2. The first-order valence-electron chi connectivity index (χ1n) is 5.76. The average molecular weight is 346 g/mol. The van der Waals surface area contributed by atoms with Gasteiger partial charge in [-0.15, -0.1) is 11.6 Å². The van der Waals surface area contributed by atoms with Gasteiger partial charge in [-0.1, -0.05) is 28.1 Å². The fourth-order valence-electron chi connectivity index (χ4n) is 2.01. The van der Waals surface area contributed by atoms with Gasteiger partial charge in [0.15, 0.2) is 0 Å². The Balaban J connectivity index is 2.49. The third-order valence-electron chi connectivity index (χ3n) is 2.98. The minimum absolute atomic E-state index is 0.231. The molecule has 0 aliphatic carbocycles. The molecule has 0 bridgehead atoms. The summed E-state index contributed by atoms with van der Waals surface area (Å²) in [5.41, 5.74) is 2.46. The fraction of sp³-hybridized carbons (Fsp3) is 0.200. The molecule has 19 heavy (non-hydrogen) atoms. The largest absolute Gasteiger partial charge is 0.207 e. The molecule has 0 N–H and O–H groups in total. The first-order chi connectivity index (χ1) is 8.90. The number of hydrogen-bond donors (Lipinski definition) is 0. The molecule has 2 aromatic carbocycles. The van der Waals surface area contributed by atoms with Crippen molar-refractivity contribution >= 4 is 27.5 Å². The van der Waals surface area contributed by atoms with Crippen LogP contribution >= 0.6 is 27.5 Å². The summed E-state index contributed by atoms with van der Waals surface area (Å²) in [6.07, 6.45) is 0. The number of rotatable bonds is 2. The highest BCUT2D eigenvalue weighted by molar-refractivity contribution is 9.10. The van der Waals surface area contributed by atoms with Crippen LogP contribution in [-0.2, 0) is 0 Å². The van der Waals surface area contributed by atoms with Gasteiger partial charge < -0.3 is 0 Å². The minimum atomic E-state index is -0.525. The summed E-state index contributed by atoms with van der Waals surface area (Å²) < 4.78 is 27.6. The smallest absolute Gasteiger partial charge is 0.129 e. The lowest BCUT2D eigenvalue weighted by molar-refractivity contribution is 0.608. The Labute approximate surface area is 124 Å². The third kappa shape index (κ3) is 2.98. The molecular weight excluding hydrogens is 334 g/mol.